The van der Waals surface area contributed by atoms with Crippen molar-refractivity contribution >= 4 is 16.9 Å². The zero-order valence-corrected chi connectivity index (χ0v) is 17.0. The Morgan fingerprint density at radius 3 is 2.75 bits per heavy atom. The summed E-state index contributed by atoms with van der Waals surface area (Å²) in [4.78, 5) is 23.3. The molecule has 1 aliphatic rings. The molecule has 1 aliphatic heterocycles. The molecule has 0 bridgehead atoms. The highest BCUT2D eigenvalue weighted by Crippen LogP contribution is 2.26. The molecule has 0 spiro atoms. The largest absolute Gasteiger partial charge is 0.349 e. The van der Waals surface area contributed by atoms with Gasteiger partial charge in [-0.25, -0.2) is 4.98 Å². The van der Waals surface area contributed by atoms with E-state index >= 15 is 0 Å². The van der Waals surface area contributed by atoms with Crippen LogP contribution in [0, 0.1) is 6.92 Å². The number of aromatic nitrogens is 4. The SMILES string of the molecule is Cc1[nH]nc(-c2nc3ccc(C(C)C)cc3[nH]2)c1C(=O)NC1CCN(C)CC1. The van der Waals surface area contributed by atoms with Crippen molar-refractivity contribution in [2.45, 2.75) is 45.6 Å². The van der Waals surface area contributed by atoms with Crippen LogP contribution >= 0.6 is 0 Å². The Labute approximate surface area is 164 Å². The first-order valence-corrected chi connectivity index (χ1v) is 9.96. The number of aryl methyl sites for hydroxylation is 1. The van der Waals surface area contributed by atoms with Crippen LogP contribution in [0.3, 0.4) is 0 Å². The number of H-pyrrole nitrogens is 2. The molecule has 148 valence electrons. The number of carbonyl (C=O) groups excluding carboxylic acids is 1. The minimum absolute atomic E-state index is 0.0841. The molecular weight excluding hydrogens is 352 g/mol. The van der Waals surface area contributed by atoms with E-state index in [1.165, 1.54) is 5.56 Å². The summed E-state index contributed by atoms with van der Waals surface area (Å²) < 4.78 is 0. The molecule has 0 atom stereocenters. The van der Waals surface area contributed by atoms with Gasteiger partial charge in [0.1, 0.15) is 5.69 Å². The summed E-state index contributed by atoms with van der Waals surface area (Å²) in [7, 11) is 2.11. The molecule has 0 unspecified atom stereocenters. The summed E-state index contributed by atoms with van der Waals surface area (Å²) in [5.74, 6) is 0.979. The second-order valence-electron chi connectivity index (χ2n) is 8.14. The Morgan fingerprint density at radius 2 is 2.04 bits per heavy atom. The number of carbonyl (C=O) groups is 1. The van der Waals surface area contributed by atoms with Crippen molar-refractivity contribution in [3.05, 3.63) is 35.0 Å². The van der Waals surface area contributed by atoms with Crippen LogP contribution in [0.4, 0.5) is 0 Å². The maximum atomic E-state index is 13.0. The summed E-state index contributed by atoms with van der Waals surface area (Å²) in [5, 5.41) is 10.5. The Kier molecular flexibility index (Phi) is 4.93. The third-order valence-electron chi connectivity index (χ3n) is 5.62. The van der Waals surface area contributed by atoms with Crippen molar-refractivity contribution < 1.29 is 4.79 Å². The molecule has 3 N–H and O–H groups in total. The molecule has 3 aromatic rings. The number of piperidine rings is 1. The van der Waals surface area contributed by atoms with Crippen LogP contribution in [0.25, 0.3) is 22.6 Å². The fourth-order valence-corrected chi connectivity index (χ4v) is 3.79. The lowest BCUT2D eigenvalue weighted by molar-refractivity contribution is 0.0917. The smallest absolute Gasteiger partial charge is 0.255 e. The van der Waals surface area contributed by atoms with E-state index in [4.69, 9.17) is 0 Å². The van der Waals surface area contributed by atoms with E-state index in [9.17, 15) is 4.79 Å². The first-order chi connectivity index (χ1) is 13.4. The molecule has 1 amide bonds. The van der Waals surface area contributed by atoms with Crippen LogP contribution in [-0.4, -0.2) is 57.2 Å². The summed E-state index contributed by atoms with van der Waals surface area (Å²) >= 11 is 0. The van der Waals surface area contributed by atoms with Gasteiger partial charge in [0.2, 0.25) is 0 Å². The number of rotatable bonds is 4. The number of fused-ring (bicyclic) bond motifs is 1. The van der Waals surface area contributed by atoms with E-state index in [2.05, 4.69) is 63.4 Å². The Bertz CT molecular complexity index is 994. The number of likely N-dealkylation sites (tertiary alicyclic amines) is 1. The van der Waals surface area contributed by atoms with Gasteiger partial charge in [-0.3, -0.25) is 9.89 Å². The van der Waals surface area contributed by atoms with E-state index in [-0.39, 0.29) is 11.9 Å². The van der Waals surface area contributed by atoms with Gasteiger partial charge in [0, 0.05) is 11.7 Å². The molecule has 0 radical (unpaired) electrons. The average Bonchev–Trinajstić information content (AvgIpc) is 3.25. The van der Waals surface area contributed by atoms with Crippen molar-refractivity contribution in [1.82, 2.24) is 30.4 Å². The minimum atomic E-state index is -0.0841. The Hall–Kier alpha value is -2.67. The predicted molar refractivity (Wildman–Crippen MR) is 110 cm³/mol. The predicted octanol–water partition coefficient (Wildman–Crippen LogP) is 3.21. The van der Waals surface area contributed by atoms with Crippen LogP contribution < -0.4 is 5.32 Å². The molecule has 7 heteroatoms. The standard InChI is InChI=1S/C21H28N6O/c1-12(2)14-5-6-16-17(11-14)24-20(23-16)19-18(13(3)25-26-19)21(28)22-15-7-9-27(4)10-8-15/h5-6,11-12,15H,7-10H2,1-4H3,(H,22,28)(H,23,24)(H,25,26). The number of hydrogen-bond donors (Lipinski definition) is 3. The molecule has 0 saturated carbocycles. The number of nitrogens with zero attached hydrogens (tertiary/aromatic N) is 3. The first-order valence-electron chi connectivity index (χ1n) is 9.96. The fourth-order valence-electron chi connectivity index (χ4n) is 3.79. The molecule has 3 heterocycles. The van der Waals surface area contributed by atoms with Crippen molar-refractivity contribution in [3.63, 3.8) is 0 Å². The molecule has 1 fully saturated rings. The average molecular weight is 380 g/mol. The lowest BCUT2D eigenvalue weighted by Crippen LogP contribution is -2.43. The molecular formula is C21H28N6O. The van der Waals surface area contributed by atoms with E-state index in [1.54, 1.807) is 0 Å². The Balaban J connectivity index is 1.62. The normalized spacial score (nSPS) is 16.2. The monoisotopic (exact) mass is 380 g/mol. The zero-order valence-electron chi connectivity index (χ0n) is 17.0. The van der Waals surface area contributed by atoms with Gasteiger partial charge in [0.05, 0.1) is 16.6 Å². The third kappa shape index (κ3) is 3.54. The first kappa shape index (κ1) is 18.7. The number of hydrogen-bond acceptors (Lipinski definition) is 4. The van der Waals surface area contributed by atoms with E-state index in [0.717, 1.165) is 42.7 Å². The third-order valence-corrected chi connectivity index (χ3v) is 5.62. The molecule has 28 heavy (non-hydrogen) atoms. The number of amides is 1. The summed E-state index contributed by atoms with van der Waals surface area (Å²) in [5.41, 5.74) is 4.99. The highest BCUT2D eigenvalue weighted by molar-refractivity contribution is 6.01. The van der Waals surface area contributed by atoms with Crippen LogP contribution in [0.15, 0.2) is 18.2 Å². The Morgan fingerprint density at radius 1 is 1.29 bits per heavy atom. The van der Waals surface area contributed by atoms with Gasteiger partial charge in [-0.15, -0.1) is 0 Å². The molecule has 4 rings (SSSR count). The van der Waals surface area contributed by atoms with Gasteiger partial charge in [0.15, 0.2) is 5.82 Å². The lowest BCUT2D eigenvalue weighted by atomic mass is 10.0. The van der Waals surface area contributed by atoms with Gasteiger partial charge < -0.3 is 15.2 Å². The number of imidazole rings is 1. The van der Waals surface area contributed by atoms with Gasteiger partial charge in [-0.1, -0.05) is 19.9 Å². The maximum Gasteiger partial charge on any atom is 0.255 e. The van der Waals surface area contributed by atoms with Gasteiger partial charge in [0.25, 0.3) is 5.91 Å². The number of aromatic amines is 2. The van der Waals surface area contributed by atoms with Crippen molar-refractivity contribution in [3.8, 4) is 11.5 Å². The molecule has 7 nitrogen and oxygen atoms in total. The quantitative estimate of drug-likeness (QED) is 0.648. The maximum absolute atomic E-state index is 13.0. The summed E-state index contributed by atoms with van der Waals surface area (Å²) in [6.45, 7) is 8.22. The van der Waals surface area contributed by atoms with Crippen molar-refractivity contribution in [2.75, 3.05) is 20.1 Å². The molecule has 1 saturated heterocycles. The fraction of sp³-hybridized carbons (Fsp3) is 0.476. The molecule has 1 aromatic carbocycles. The van der Waals surface area contributed by atoms with Crippen molar-refractivity contribution in [2.24, 2.45) is 0 Å². The highest BCUT2D eigenvalue weighted by Gasteiger charge is 2.25. The molecule has 0 aliphatic carbocycles. The van der Waals surface area contributed by atoms with Crippen LogP contribution in [-0.2, 0) is 0 Å². The van der Waals surface area contributed by atoms with Crippen LogP contribution in [0.1, 0.15) is 54.2 Å². The second kappa shape index (κ2) is 7.39. The van der Waals surface area contributed by atoms with Gasteiger partial charge >= 0.3 is 0 Å². The molecule has 2 aromatic heterocycles. The second-order valence-corrected chi connectivity index (χ2v) is 8.14. The van der Waals surface area contributed by atoms with Crippen LogP contribution in [0.2, 0.25) is 0 Å². The van der Waals surface area contributed by atoms with Gasteiger partial charge in [-0.2, -0.15) is 5.10 Å². The topological polar surface area (TPSA) is 89.7 Å². The number of nitrogens with one attached hydrogen (secondary N) is 3. The van der Waals surface area contributed by atoms with Crippen molar-refractivity contribution in [1.29, 1.82) is 0 Å². The summed E-state index contributed by atoms with van der Waals surface area (Å²) in [6.07, 6.45) is 1.94. The van der Waals surface area contributed by atoms with Crippen LogP contribution in [0.5, 0.6) is 0 Å². The zero-order chi connectivity index (χ0) is 19.8. The summed E-state index contributed by atoms with van der Waals surface area (Å²) in [6, 6.07) is 6.44. The van der Waals surface area contributed by atoms with E-state index < -0.39 is 0 Å². The minimum Gasteiger partial charge on any atom is -0.349 e. The van der Waals surface area contributed by atoms with Gasteiger partial charge in [-0.05, 0) is 63.5 Å². The number of benzene rings is 1. The lowest BCUT2D eigenvalue weighted by Gasteiger charge is -2.29. The highest BCUT2D eigenvalue weighted by atomic mass is 16.1. The van der Waals surface area contributed by atoms with E-state index in [1.807, 2.05) is 13.0 Å². The van der Waals surface area contributed by atoms with E-state index in [0.29, 0.717) is 23.0 Å².